The predicted molar refractivity (Wildman–Crippen MR) is 74.6 cm³/mol. The molecule has 1 N–H and O–H groups in total. The summed E-state index contributed by atoms with van der Waals surface area (Å²) in [5.41, 5.74) is 1.04. The minimum absolute atomic E-state index is 0.0473. The van der Waals surface area contributed by atoms with Crippen molar-refractivity contribution in [2.24, 2.45) is 0 Å². The van der Waals surface area contributed by atoms with Gasteiger partial charge >= 0.3 is 5.97 Å². The first-order valence-electron chi connectivity index (χ1n) is 5.91. The van der Waals surface area contributed by atoms with Gasteiger partial charge < -0.3 is 5.11 Å². The Morgan fingerprint density at radius 3 is 2.48 bits per heavy atom. The lowest BCUT2D eigenvalue weighted by Crippen LogP contribution is -2.03. The summed E-state index contributed by atoms with van der Waals surface area (Å²) in [7, 11) is -1.70. The highest BCUT2D eigenvalue weighted by molar-refractivity contribution is 7.84. The lowest BCUT2D eigenvalue weighted by Gasteiger charge is -2.05. The number of carbonyl (C=O) groups is 1. The lowest BCUT2D eigenvalue weighted by molar-refractivity contribution is 0.0696. The summed E-state index contributed by atoms with van der Waals surface area (Å²) in [6.45, 7) is 0. The van der Waals surface area contributed by atoms with Crippen LogP contribution in [0.25, 0.3) is 0 Å². The van der Waals surface area contributed by atoms with Crippen LogP contribution in [-0.2, 0) is 16.6 Å². The summed E-state index contributed by atoms with van der Waals surface area (Å²) in [5.74, 6) is -1.86. The molecule has 0 spiro atoms. The third-order valence-electron chi connectivity index (χ3n) is 2.80. The predicted octanol–water partition coefficient (Wildman–Crippen LogP) is 2.70. The zero-order valence-electron chi connectivity index (χ0n) is 10.7. The Kier molecular flexibility index (Phi) is 4.45. The highest BCUT2D eigenvalue weighted by Crippen LogP contribution is 2.18. The number of nitriles is 1. The van der Waals surface area contributed by atoms with Crippen molar-refractivity contribution in [3.05, 3.63) is 65.0 Å². The summed E-state index contributed by atoms with van der Waals surface area (Å²) in [6, 6.07) is 11.6. The van der Waals surface area contributed by atoms with Crippen molar-refractivity contribution in [1.29, 1.82) is 5.26 Å². The molecule has 4 nitrogen and oxygen atoms in total. The normalized spacial score (nSPS) is 11.6. The molecule has 1 atom stereocenters. The molecule has 2 aromatic carbocycles. The molecule has 21 heavy (non-hydrogen) atoms. The van der Waals surface area contributed by atoms with Gasteiger partial charge in [0.2, 0.25) is 0 Å². The van der Waals surface area contributed by atoms with Crippen LogP contribution in [0.4, 0.5) is 4.39 Å². The van der Waals surface area contributed by atoms with Gasteiger partial charge in [0.15, 0.2) is 0 Å². The monoisotopic (exact) mass is 303 g/mol. The van der Waals surface area contributed by atoms with Crippen LogP contribution in [0.15, 0.2) is 47.4 Å². The molecule has 106 valence electrons. The number of carboxylic acids is 1. The number of benzene rings is 2. The summed E-state index contributed by atoms with van der Waals surface area (Å²) in [5, 5.41) is 17.6. The molecular formula is C15H10FNO3S. The van der Waals surface area contributed by atoms with E-state index in [1.165, 1.54) is 0 Å². The molecule has 0 aliphatic carbocycles. The Bertz CT molecular complexity index is 751. The van der Waals surface area contributed by atoms with Gasteiger partial charge in [-0.2, -0.15) is 5.26 Å². The third-order valence-corrected chi connectivity index (χ3v) is 4.20. The van der Waals surface area contributed by atoms with Crippen LogP contribution < -0.4 is 0 Å². The molecule has 0 aliphatic heterocycles. The number of nitrogens with zero attached hydrogens (tertiary/aromatic N) is 1. The van der Waals surface area contributed by atoms with Gasteiger partial charge in [0.25, 0.3) is 0 Å². The van der Waals surface area contributed by atoms with Crippen molar-refractivity contribution in [3.8, 4) is 6.07 Å². The van der Waals surface area contributed by atoms with Crippen LogP contribution in [-0.4, -0.2) is 15.3 Å². The van der Waals surface area contributed by atoms with Gasteiger partial charge in [-0.25, -0.2) is 9.18 Å². The van der Waals surface area contributed by atoms with E-state index in [-0.39, 0.29) is 16.2 Å². The Balaban J connectivity index is 2.25. The highest BCUT2D eigenvalue weighted by atomic mass is 32.2. The molecule has 1 unspecified atom stereocenters. The molecule has 0 bridgehead atoms. The number of rotatable bonds is 4. The van der Waals surface area contributed by atoms with E-state index < -0.39 is 22.6 Å². The molecule has 2 aromatic rings. The molecule has 0 amide bonds. The van der Waals surface area contributed by atoms with Gasteiger partial charge in [-0.05, 0) is 35.9 Å². The number of hydrogen-bond donors (Lipinski definition) is 1. The van der Waals surface area contributed by atoms with E-state index >= 15 is 0 Å². The zero-order valence-corrected chi connectivity index (χ0v) is 11.6. The van der Waals surface area contributed by atoms with Crippen LogP contribution in [0.1, 0.15) is 21.5 Å². The fourth-order valence-corrected chi connectivity index (χ4v) is 2.91. The average Bonchev–Trinajstić information content (AvgIpc) is 2.48. The average molecular weight is 303 g/mol. The molecule has 0 aliphatic rings. The second-order valence-electron chi connectivity index (χ2n) is 4.25. The van der Waals surface area contributed by atoms with Gasteiger partial charge in [0.05, 0.1) is 38.6 Å². The van der Waals surface area contributed by atoms with Gasteiger partial charge in [0.1, 0.15) is 5.82 Å². The van der Waals surface area contributed by atoms with Crippen LogP contribution in [0.3, 0.4) is 0 Å². The van der Waals surface area contributed by atoms with E-state index in [9.17, 15) is 13.4 Å². The number of carboxylic acid groups (broad SMARTS) is 1. The molecule has 0 saturated carbocycles. The van der Waals surface area contributed by atoms with Crippen molar-refractivity contribution >= 4 is 16.8 Å². The number of hydrogen-bond acceptors (Lipinski definition) is 3. The van der Waals surface area contributed by atoms with Gasteiger partial charge in [-0.15, -0.1) is 0 Å². The fourth-order valence-electron chi connectivity index (χ4n) is 1.72. The van der Waals surface area contributed by atoms with Crippen LogP contribution >= 0.6 is 0 Å². The molecule has 0 aromatic heterocycles. The fraction of sp³-hybridized carbons (Fsp3) is 0.0667. The van der Waals surface area contributed by atoms with Crippen molar-refractivity contribution in [1.82, 2.24) is 0 Å². The Labute approximate surface area is 122 Å². The molecule has 0 heterocycles. The third kappa shape index (κ3) is 3.52. The maximum Gasteiger partial charge on any atom is 0.335 e. The topological polar surface area (TPSA) is 78.2 Å². The Morgan fingerprint density at radius 1 is 1.24 bits per heavy atom. The largest absolute Gasteiger partial charge is 0.478 e. The van der Waals surface area contributed by atoms with E-state index in [4.69, 9.17) is 10.4 Å². The second-order valence-corrected chi connectivity index (χ2v) is 5.67. The Hall–Kier alpha value is -2.52. The summed E-state index contributed by atoms with van der Waals surface area (Å²) in [6.07, 6.45) is 0. The second kappa shape index (κ2) is 6.29. The van der Waals surface area contributed by atoms with Crippen molar-refractivity contribution in [2.45, 2.75) is 10.6 Å². The molecule has 0 saturated heterocycles. The van der Waals surface area contributed by atoms with Crippen molar-refractivity contribution in [2.75, 3.05) is 0 Å². The van der Waals surface area contributed by atoms with E-state index in [0.29, 0.717) is 11.1 Å². The van der Waals surface area contributed by atoms with Crippen molar-refractivity contribution in [3.63, 3.8) is 0 Å². The first kappa shape index (κ1) is 14.9. The van der Waals surface area contributed by atoms with Crippen molar-refractivity contribution < 1.29 is 18.5 Å². The van der Waals surface area contributed by atoms with Gasteiger partial charge in [-0.1, -0.05) is 12.1 Å². The highest BCUT2D eigenvalue weighted by Gasteiger charge is 2.14. The minimum atomic E-state index is -1.70. The number of aromatic carboxylic acids is 1. The van der Waals surface area contributed by atoms with E-state index in [1.54, 1.807) is 24.3 Å². The Morgan fingerprint density at radius 2 is 1.90 bits per heavy atom. The zero-order chi connectivity index (χ0) is 15.4. The molecule has 6 heteroatoms. The van der Waals surface area contributed by atoms with Gasteiger partial charge in [0, 0.05) is 0 Å². The van der Waals surface area contributed by atoms with Crippen LogP contribution in [0.2, 0.25) is 0 Å². The van der Waals surface area contributed by atoms with E-state index in [1.807, 2.05) is 6.07 Å². The standard InChI is InChI=1S/C15H10FNO3S/c16-13-6-5-12(15(18)19)7-14(13)21(20)9-11-3-1-10(8-17)2-4-11/h1-7H,9H2,(H,18,19). The molecule has 2 rings (SSSR count). The summed E-state index contributed by atoms with van der Waals surface area (Å²) >= 11 is 0. The molecule has 0 radical (unpaired) electrons. The minimum Gasteiger partial charge on any atom is -0.478 e. The smallest absolute Gasteiger partial charge is 0.335 e. The van der Waals surface area contributed by atoms with Gasteiger partial charge in [-0.3, -0.25) is 4.21 Å². The van der Waals surface area contributed by atoms with E-state index in [2.05, 4.69) is 0 Å². The SMILES string of the molecule is N#Cc1ccc(CS(=O)c2cc(C(=O)O)ccc2F)cc1. The maximum absolute atomic E-state index is 13.7. The number of halogens is 1. The molecule has 0 fully saturated rings. The first-order valence-corrected chi connectivity index (χ1v) is 7.23. The van der Waals surface area contributed by atoms with E-state index in [0.717, 1.165) is 18.2 Å². The quantitative estimate of drug-likeness (QED) is 0.942. The summed E-state index contributed by atoms with van der Waals surface area (Å²) < 4.78 is 25.9. The maximum atomic E-state index is 13.7. The van der Waals surface area contributed by atoms with Crippen LogP contribution in [0, 0.1) is 17.1 Å². The first-order chi connectivity index (χ1) is 10.0. The summed E-state index contributed by atoms with van der Waals surface area (Å²) in [4.78, 5) is 10.7. The molecular weight excluding hydrogens is 293 g/mol. The lowest BCUT2D eigenvalue weighted by atomic mass is 10.2. The van der Waals surface area contributed by atoms with Crippen LogP contribution in [0.5, 0.6) is 0 Å².